The van der Waals surface area contributed by atoms with E-state index in [1.54, 1.807) is 4.31 Å². The molecule has 2 aromatic rings. The minimum atomic E-state index is -3.49. The zero-order chi connectivity index (χ0) is 16.4. The number of nitrogens with zero attached hydrogens (tertiary/aromatic N) is 3. The summed E-state index contributed by atoms with van der Waals surface area (Å²) in [5, 5.41) is 0. The maximum atomic E-state index is 13.1. The molecular weight excluding hydrogens is 310 g/mol. The highest BCUT2D eigenvalue weighted by molar-refractivity contribution is 7.86. The molecule has 0 amide bonds. The highest BCUT2D eigenvalue weighted by Crippen LogP contribution is 2.35. The number of hydrogen-bond donors (Lipinski definition) is 0. The van der Waals surface area contributed by atoms with Crippen LogP contribution in [0.25, 0.3) is 0 Å². The fraction of sp³-hybridized carbons (Fsp3) is 0.412. The van der Waals surface area contributed by atoms with E-state index in [0.717, 1.165) is 11.3 Å². The Morgan fingerprint density at radius 1 is 1.04 bits per heavy atom. The lowest BCUT2D eigenvalue weighted by Gasteiger charge is -2.38. The average molecular weight is 333 g/mol. The summed E-state index contributed by atoms with van der Waals surface area (Å²) >= 11 is 0. The summed E-state index contributed by atoms with van der Waals surface area (Å²) in [6.45, 7) is 5.90. The normalized spacial score (nSPS) is 19.0. The molecule has 23 heavy (non-hydrogen) atoms. The summed E-state index contributed by atoms with van der Waals surface area (Å²) in [7, 11) is -3.49. The van der Waals surface area contributed by atoms with Crippen molar-refractivity contribution in [1.29, 1.82) is 0 Å². The molecule has 1 unspecified atom stereocenters. The Bertz CT molecular complexity index is 751. The summed E-state index contributed by atoms with van der Waals surface area (Å²) in [6, 6.07) is 13.6. The van der Waals surface area contributed by atoms with E-state index in [1.807, 2.05) is 62.5 Å². The molecular formula is C17H23N3O2S. The van der Waals surface area contributed by atoms with Crippen LogP contribution in [-0.4, -0.2) is 41.2 Å². The van der Waals surface area contributed by atoms with E-state index in [1.165, 1.54) is 4.31 Å². The fourth-order valence-corrected chi connectivity index (χ4v) is 5.04. The first-order chi connectivity index (χ1) is 11.1. The van der Waals surface area contributed by atoms with Crippen LogP contribution in [0.2, 0.25) is 0 Å². The van der Waals surface area contributed by atoms with Crippen molar-refractivity contribution in [3.63, 3.8) is 0 Å². The Labute approximate surface area is 138 Å². The van der Waals surface area contributed by atoms with Crippen molar-refractivity contribution in [3.8, 4) is 0 Å². The molecule has 1 aromatic heterocycles. The number of benzene rings is 1. The Balaban J connectivity index is 2.10. The molecule has 0 saturated heterocycles. The SMILES string of the molecule is CCN(CC)S(=O)(=O)N1CCn2cccc2C1c1ccccc1. The van der Waals surface area contributed by atoms with Gasteiger partial charge in [0.15, 0.2) is 0 Å². The van der Waals surface area contributed by atoms with Crippen molar-refractivity contribution in [2.24, 2.45) is 0 Å². The van der Waals surface area contributed by atoms with Crippen molar-refractivity contribution < 1.29 is 8.42 Å². The summed E-state index contributed by atoms with van der Waals surface area (Å²) in [5.74, 6) is 0. The number of aromatic nitrogens is 1. The van der Waals surface area contributed by atoms with Gasteiger partial charge < -0.3 is 4.57 Å². The highest BCUT2D eigenvalue weighted by Gasteiger charge is 2.38. The van der Waals surface area contributed by atoms with Crippen LogP contribution in [0.3, 0.4) is 0 Å². The summed E-state index contributed by atoms with van der Waals surface area (Å²) in [5.41, 5.74) is 2.03. The second-order valence-electron chi connectivity index (χ2n) is 5.64. The van der Waals surface area contributed by atoms with Crippen molar-refractivity contribution in [2.45, 2.75) is 26.4 Å². The van der Waals surface area contributed by atoms with Gasteiger partial charge in [-0.3, -0.25) is 0 Å². The second kappa shape index (κ2) is 6.47. The number of hydrogen-bond acceptors (Lipinski definition) is 2. The van der Waals surface area contributed by atoms with Gasteiger partial charge in [0.05, 0.1) is 6.04 Å². The lowest BCUT2D eigenvalue weighted by Crippen LogP contribution is -2.49. The first kappa shape index (κ1) is 16.2. The minimum absolute atomic E-state index is 0.273. The van der Waals surface area contributed by atoms with Gasteiger partial charge in [-0.2, -0.15) is 17.0 Å². The van der Waals surface area contributed by atoms with Crippen LogP contribution in [0.5, 0.6) is 0 Å². The molecule has 5 nitrogen and oxygen atoms in total. The third-order valence-corrected chi connectivity index (χ3v) is 6.59. The maximum absolute atomic E-state index is 13.1. The monoisotopic (exact) mass is 333 g/mol. The summed E-state index contributed by atoms with van der Waals surface area (Å²) < 4.78 is 31.5. The second-order valence-corrected chi connectivity index (χ2v) is 7.52. The summed E-state index contributed by atoms with van der Waals surface area (Å²) in [4.78, 5) is 0. The third kappa shape index (κ3) is 2.82. The molecule has 0 fully saturated rings. The minimum Gasteiger partial charge on any atom is -0.348 e. The lowest BCUT2D eigenvalue weighted by atomic mass is 10.0. The quantitative estimate of drug-likeness (QED) is 0.844. The van der Waals surface area contributed by atoms with Gasteiger partial charge in [0.1, 0.15) is 0 Å². The van der Waals surface area contributed by atoms with Crippen LogP contribution >= 0.6 is 0 Å². The molecule has 0 spiro atoms. The van der Waals surface area contributed by atoms with E-state index in [-0.39, 0.29) is 6.04 Å². The first-order valence-corrected chi connectivity index (χ1v) is 9.46. The third-order valence-electron chi connectivity index (χ3n) is 4.44. The predicted octanol–water partition coefficient (Wildman–Crippen LogP) is 2.48. The Morgan fingerprint density at radius 3 is 2.39 bits per heavy atom. The van der Waals surface area contributed by atoms with Gasteiger partial charge in [-0.25, -0.2) is 0 Å². The molecule has 1 aromatic carbocycles. The van der Waals surface area contributed by atoms with Gasteiger partial charge >= 0.3 is 0 Å². The molecule has 6 heteroatoms. The smallest absolute Gasteiger partial charge is 0.282 e. The van der Waals surface area contributed by atoms with E-state index in [9.17, 15) is 8.42 Å². The van der Waals surface area contributed by atoms with E-state index in [2.05, 4.69) is 4.57 Å². The molecule has 0 aliphatic carbocycles. The van der Waals surface area contributed by atoms with Gasteiger partial charge in [-0.1, -0.05) is 44.2 Å². The maximum Gasteiger partial charge on any atom is 0.282 e. The van der Waals surface area contributed by atoms with E-state index in [0.29, 0.717) is 26.2 Å². The summed E-state index contributed by atoms with van der Waals surface area (Å²) in [6.07, 6.45) is 2.02. The first-order valence-electron chi connectivity index (χ1n) is 8.06. The molecule has 1 atom stereocenters. The highest BCUT2D eigenvalue weighted by atomic mass is 32.2. The van der Waals surface area contributed by atoms with Gasteiger partial charge in [0.25, 0.3) is 10.2 Å². The van der Waals surface area contributed by atoms with Crippen LogP contribution in [0.4, 0.5) is 0 Å². The Hall–Kier alpha value is -1.63. The van der Waals surface area contributed by atoms with Gasteiger partial charge in [-0.05, 0) is 17.7 Å². The molecule has 0 bridgehead atoms. The molecule has 2 heterocycles. The van der Waals surface area contributed by atoms with E-state index < -0.39 is 10.2 Å². The van der Waals surface area contributed by atoms with Crippen molar-refractivity contribution in [2.75, 3.05) is 19.6 Å². The van der Waals surface area contributed by atoms with Crippen LogP contribution in [-0.2, 0) is 16.8 Å². The molecule has 3 rings (SSSR count). The standard InChI is InChI=1S/C17H23N3O2S/c1-3-19(4-2)23(21,22)20-14-13-18-12-8-11-16(18)17(20)15-9-6-5-7-10-15/h5-12,17H,3-4,13-14H2,1-2H3. The molecule has 0 saturated carbocycles. The average Bonchev–Trinajstić information content (AvgIpc) is 3.04. The van der Waals surface area contributed by atoms with Crippen LogP contribution in [0.15, 0.2) is 48.7 Å². The van der Waals surface area contributed by atoms with Crippen LogP contribution in [0.1, 0.15) is 31.1 Å². The zero-order valence-corrected chi connectivity index (χ0v) is 14.4. The van der Waals surface area contributed by atoms with Gasteiger partial charge in [-0.15, -0.1) is 0 Å². The number of rotatable bonds is 5. The predicted molar refractivity (Wildman–Crippen MR) is 91.3 cm³/mol. The molecule has 1 aliphatic rings. The molecule has 0 N–H and O–H groups in total. The lowest BCUT2D eigenvalue weighted by molar-refractivity contribution is 0.271. The zero-order valence-electron chi connectivity index (χ0n) is 13.6. The van der Waals surface area contributed by atoms with Crippen LogP contribution < -0.4 is 0 Å². The van der Waals surface area contributed by atoms with Crippen LogP contribution in [0, 0.1) is 0 Å². The van der Waals surface area contributed by atoms with E-state index >= 15 is 0 Å². The van der Waals surface area contributed by atoms with Crippen molar-refractivity contribution >= 4 is 10.2 Å². The van der Waals surface area contributed by atoms with Crippen molar-refractivity contribution in [3.05, 3.63) is 59.9 Å². The molecule has 124 valence electrons. The largest absolute Gasteiger partial charge is 0.348 e. The van der Waals surface area contributed by atoms with Crippen molar-refractivity contribution in [1.82, 2.24) is 13.2 Å². The van der Waals surface area contributed by atoms with E-state index in [4.69, 9.17) is 0 Å². The molecule has 0 radical (unpaired) electrons. The topological polar surface area (TPSA) is 45.6 Å². The number of fused-ring (bicyclic) bond motifs is 1. The van der Waals surface area contributed by atoms with Gasteiger partial charge in [0.2, 0.25) is 0 Å². The Kier molecular flexibility index (Phi) is 4.57. The fourth-order valence-electron chi connectivity index (χ4n) is 3.28. The molecule has 1 aliphatic heterocycles. The Morgan fingerprint density at radius 2 is 1.74 bits per heavy atom. The van der Waals surface area contributed by atoms with Gasteiger partial charge in [0, 0.05) is 38.1 Å².